The number of carboxylic acid groups (broad SMARTS) is 4. The van der Waals surface area contributed by atoms with Crippen LogP contribution in [0.25, 0.3) is 45.6 Å². The Morgan fingerprint density at radius 2 is 1.11 bits per heavy atom. The number of nitrogens with two attached hydrogens (primary N) is 2. The van der Waals surface area contributed by atoms with Crippen molar-refractivity contribution >= 4 is 93.6 Å². The van der Waals surface area contributed by atoms with Crippen LogP contribution in [0.15, 0.2) is 67.0 Å². The average Bonchev–Trinajstić information content (AvgIpc) is 3.20. The zero-order valence-corrected chi connectivity index (χ0v) is 41.7. The monoisotopic (exact) mass is 1310 g/mol. The molecule has 0 spiro atoms. The Hall–Kier alpha value is -3.01. The van der Waals surface area contributed by atoms with Gasteiger partial charge >= 0.3 is 80.3 Å². The molecular weight excluding hydrogens is 1250 g/mol. The molecule has 0 bridgehead atoms. The molecule has 2 aromatic heterocycles. The number of aryl methyl sites for hydroxylation is 3. The molecule has 2 heterocycles. The number of carbonyl (C=O) groups is 5. The Bertz CT molecular complexity index is 1800. The van der Waals surface area contributed by atoms with E-state index in [2.05, 4.69) is 41.3 Å². The molecule has 0 radical (unpaired) electrons. The van der Waals surface area contributed by atoms with E-state index in [1.807, 2.05) is 54.9 Å². The van der Waals surface area contributed by atoms with Gasteiger partial charge in [-0.15, -0.1) is 0 Å². The number of carboxylic acids is 4. The molecule has 16 nitrogen and oxygen atoms in total. The first-order valence-corrected chi connectivity index (χ1v) is 24.8. The summed E-state index contributed by atoms with van der Waals surface area (Å²) in [5, 5.41) is 37.5. The van der Waals surface area contributed by atoms with Crippen molar-refractivity contribution in [3.05, 3.63) is 107 Å². The van der Waals surface area contributed by atoms with Crippen LogP contribution in [0.4, 0.5) is 0 Å². The van der Waals surface area contributed by atoms with Crippen LogP contribution < -0.4 is 5.32 Å². The molecule has 11 N–H and O–H groups in total. The van der Waals surface area contributed by atoms with Gasteiger partial charge in [0.2, 0.25) is 10.7 Å². The number of fused-ring (bicyclic) bond motifs is 3. The molecule has 5 rings (SSSR count). The minimum atomic E-state index is -1.29. The maximum absolute atomic E-state index is 10.9. The molecule has 4 aromatic rings. The smallest absolute Gasteiger partial charge is 0.693 e. The number of amides is 1. The fraction of sp³-hybridized carbons (Fsp3) is 0.425. The summed E-state index contributed by atoms with van der Waals surface area (Å²) in [6, 6.07) is 17.9. The summed E-state index contributed by atoms with van der Waals surface area (Å²) in [4.78, 5) is 58.2. The molecule has 1 aliphatic carbocycles. The minimum Gasteiger partial charge on any atom is -0.693 e. The van der Waals surface area contributed by atoms with Crippen LogP contribution in [0.2, 0.25) is 0 Å². The summed E-state index contributed by atoms with van der Waals surface area (Å²) in [6.45, 7) is 4.56. The van der Waals surface area contributed by atoms with Gasteiger partial charge in [-0.05, 0) is 61.9 Å². The van der Waals surface area contributed by atoms with E-state index in [4.69, 9.17) is 73.9 Å². The molecule has 2 atom stereocenters. The number of nitrogens with zero attached hydrogens (tertiary/aromatic N) is 2. The Labute approximate surface area is 403 Å². The Morgan fingerprint density at radius 3 is 1.48 bits per heavy atom. The number of hydrogen-bond acceptors (Lipinski definition) is 7. The van der Waals surface area contributed by atoms with Gasteiger partial charge in [-0.2, -0.15) is 12.1 Å². The van der Waals surface area contributed by atoms with Gasteiger partial charge in [0.25, 0.3) is 0 Å². The third-order valence-corrected chi connectivity index (χ3v) is 8.69. The minimum absolute atomic E-state index is 0. The molecular formula is C40H55Cl4N7O9Pt2. The summed E-state index contributed by atoms with van der Waals surface area (Å²) >= 11 is 9.08. The molecule has 62 heavy (non-hydrogen) atoms. The quantitative estimate of drug-likeness (QED) is 0.0504. The summed E-state index contributed by atoms with van der Waals surface area (Å²) in [6.07, 6.45) is 9.81. The standard InChI is InChI=1S/C14H12N2.C10H12O2.C8H13NO5.C6H12N2.C2H2Cl2O2.2ClH.2H2N.2Pt/c1-9-10(2)12-6-4-8-16-14(12)13-11(9)5-3-7-15-13;11-10(12)8-4-7-9-5-2-1-3-6-9;10-6(3-4-8(13)14)9-5-1-2-7(11)12;7-5-3-1-2-4-6(5)8;3-1(4)2(5)6;;;;;;/h3-8H,1-2H3;1-3,5-6H,4,7-8H2,(H,11,12);1-5H2,(H,9,10)(H,11,12)(H,13,14);5-8H,1-4H2;1H,(H,5,6);2*1H;2*1H2;;/q;;;-2;;;;2*-1;+2;+4/p-2/t;;;5-,6-;;;;;;;/m...0......./s1. The molecule has 1 aliphatic rings. The Balaban J connectivity index is -0.000000340. The zero-order chi connectivity index (χ0) is 44.8. The van der Waals surface area contributed by atoms with E-state index in [0.717, 1.165) is 36.7 Å². The Morgan fingerprint density at radius 1 is 0.710 bits per heavy atom. The van der Waals surface area contributed by atoms with Crippen LogP contribution in [0, 0.1) is 13.8 Å². The van der Waals surface area contributed by atoms with E-state index in [9.17, 15) is 24.0 Å². The van der Waals surface area contributed by atoms with Crippen LogP contribution in [0.3, 0.4) is 0 Å². The third-order valence-electron chi connectivity index (χ3n) is 8.32. The van der Waals surface area contributed by atoms with Crippen LogP contribution in [-0.4, -0.2) is 83.6 Å². The largest absolute Gasteiger partial charge is 2.00 e. The van der Waals surface area contributed by atoms with Crippen molar-refractivity contribution in [3.63, 3.8) is 0 Å². The van der Waals surface area contributed by atoms with Crippen molar-refractivity contribution in [1.29, 1.82) is 0 Å². The van der Waals surface area contributed by atoms with Gasteiger partial charge in [0, 0.05) is 49.0 Å². The van der Waals surface area contributed by atoms with E-state index in [0.29, 0.717) is 6.42 Å². The number of alkyl halides is 2. The summed E-state index contributed by atoms with van der Waals surface area (Å²) in [5.74, 6) is -4.22. The topological polar surface area (TPSA) is 319 Å². The van der Waals surface area contributed by atoms with Crippen molar-refractivity contribution in [3.8, 4) is 0 Å². The number of carbonyl (C=O) groups excluding carboxylic acids is 1. The molecule has 2 aromatic carbocycles. The van der Waals surface area contributed by atoms with E-state index < -0.39 is 45.2 Å². The fourth-order valence-corrected chi connectivity index (χ4v) is 5.19. The maximum Gasteiger partial charge on any atom is 2.00 e. The van der Waals surface area contributed by atoms with Gasteiger partial charge in [-0.25, -0.2) is 4.79 Å². The van der Waals surface area contributed by atoms with Gasteiger partial charge in [0.15, 0.2) is 0 Å². The van der Waals surface area contributed by atoms with E-state index in [-0.39, 0.29) is 83.6 Å². The van der Waals surface area contributed by atoms with Crippen molar-refractivity contribution in [2.24, 2.45) is 0 Å². The molecule has 1 fully saturated rings. The second-order valence-electron chi connectivity index (χ2n) is 12.7. The van der Waals surface area contributed by atoms with Crippen molar-refractivity contribution in [2.75, 3.05) is 6.54 Å². The molecule has 352 valence electrons. The normalized spacial score (nSPS) is 13.2. The SMILES string of the molecule is Cc1c(C)c2cccnc2c2ncccc12.O=C(O)C(Cl)Cl.O=C(O)CCCNC(=O)CCC(=O)O.O=C(O)CCCc1ccccc1.[Cl][Pt+2][Cl].[NH-][C@H]1CCCC[C@@H]1[NH-].[NH2-].[NH2-].[Pt+2]. The molecule has 1 saturated carbocycles. The van der Waals surface area contributed by atoms with Gasteiger partial charge < -0.3 is 49.5 Å². The number of pyridine rings is 2. The van der Waals surface area contributed by atoms with Gasteiger partial charge in [0.05, 0.1) is 17.5 Å². The maximum atomic E-state index is 10.9. The number of benzene rings is 2. The third kappa shape index (κ3) is 30.9. The second kappa shape index (κ2) is 39.6. The summed E-state index contributed by atoms with van der Waals surface area (Å²) < 4.78 is 0. The van der Waals surface area contributed by atoms with Gasteiger partial charge in [-0.3, -0.25) is 29.1 Å². The molecule has 1 amide bonds. The summed E-state index contributed by atoms with van der Waals surface area (Å²) in [7, 11) is 9.75. The van der Waals surface area contributed by atoms with Crippen molar-refractivity contribution < 1.29 is 81.9 Å². The van der Waals surface area contributed by atoms with Gasteiger partial charge in [-0.1, -0.05) is 91.3 Å². The van der Waals surface area contributed by atoms with E-state index in [1.165, 1.54) is 40.3 Å². The molecule has 22 heteroatoms. The van der Waals surface area contributed by atoms with Crippen LogP contribution >= 0.6 is 42.0 Å². The number of nitrogens with one attached hydrogen (secondary N) is 3. The van der Waals surface area contributed by atoms with Crippen LogP contribution in [0.1, 0.15) is 80.9 Å². The van der Waals surface area contributed by atoms with Crippen molar-refractivity contribution in [2.45, 2.75) is 101 Å². The first-order chi connectivity index (χ1) is 28.0. The van der Waals surface area contributed by atoms with Crippen LogP contribution in [0.5, 0.6) is 0 Å². The molecule has 0 unspecified atom stereocenters. The number of rotatable bonds is 12. The number of aromatic nitrogens is 2. The first kappa shape index (κ1) is 65.6. The number of aliphatic carboxylic acids is 4. The predicted octanol–water partition coefficient (Wildman–Crippen LogP) is 11.4. The van der Waals surface area contributed by atoms with E-state index in [1.54, 1.807) is 0 Å². The zero-order valence-electron chi connectivity index (χ0n) is 34.1. The fourth-order valence-electron chi connectivity index (χ4n) is 5.19. The first-order valence-electron chi connectivity index (χ1n) is 18.3. The average molecular weight is 1310 g/mol. The molecule has 0 aliphatic heterocycles. The van der Waals surface area contributed by atoms with E-state index >= 15 is 0 Å². The van der Waals surface area contributed by atoms with Crippen molar-refractivity contribution in [1.82, 2.24) is 15.3 Å². The van der Waals surface area contributed by atoms with Gasteiger partial charge in [0.1, 0.15) is 0 Å². The molecule has 0 saturated heterocycles. The number of hydrogen-bond donors (Lipinski definition) is 5. The second-order valence-corrected chi connectivity index (χ2v) is 17.1. The number of halogens is 4. The van der Waals surface area contributed by atoms with Crippen LogP contribution in [-0.2, 0) is 67.9 Å². The summed E-state index contributed by atoms with van der Waals surface area (Å²) in [5.41, 5.74) is 20.4. The predicted molar refractivity (Wildman–Crippen MR) is 240 cm³/mol. The Kier molecular flexibility index (Phi) is 41.9.